The fourth-order valence-corrected chi connectivity index (χ4v) is 2.63. The SMILES string of the molecule is CCOC(=O)NC1CC(CC(O)CC)CN(C(C)=O)C1. The van der Waals surface area contributed by atoms with E-state index in [-0.39, 0.29) is 24.0 Å². The van der Waals surface area contributed by atoms with E-state index in [1.165, 1.54) is 6.92 Å². The molecule has 1 heterocycles. The first-order valence-corrected chi connectivity index (χ1v) is 7.33. The number of hydrogen-bond donors (Lipinski definition) is 2. The normalized spacial score (nSPS) is 24.1. The Kier molecular flexibility index (Phi) is 6.78. The molecule has 116 valence electrons. The maximum absolute atomic E-state index is 11.6. The van der Waals surface area contributed by atoms with E-state index < -0.39 is 6.09 Å². The Labute approximate surface area is 120 Å². The summed E-state index contributed by atoms with van der Waals surface area (Å²) in [5.41, 5.74) is 0. The summed E-state index contributed by atoms with van der Waals surface area (Å²) in [4.78, 5) is 24.8. The number of nitrogens with zero attached hydrogens (tertiary/aromatic N) is 1. The molecule has 2 amide bonds. The van der Waals surface area contributed by atoms with Crippen LogP contribution >= 0.6 is 0 Å². The van der Waals surface area contributed by atoms with E-state index in [9.17, 15) is 14.7 Å². The van der Waals surface area contributed by atoms with Crippen LogP contribution in [0.3, 0.4) is 0 Å². The van der Waals surface area contributed by atoms with Crippen molar-refractivity contribution in [3.8, 4) is 0 Å². The zero-order chi connectivity index (χ0) is 15.1. The van der Waals surface area contributed by atoms with Gasteiger partial charge >= 0.3 is 6.09 Å². The van der Waals surface area contributed by atoms with Crippen LogP contribution in [0.25, 0.3) is 0 Å². The van der Waals surface area contributed by atoms with E-state index in [1.807, 2.05) is 6.92 Å². The number of ether oxygens (including phenoxy) is 1. The van der Waals surface area contributed by atoms with Crippen molar-refractivity contribution in [1.82, 2.24) is 10.2 Å². The van der Waals surface area contributed by atoms with Crippen LogP contribution in [0.5, 0.6) is 0 Å². The molecule has 0 saturated carbocycles. The number of aliphatic hydroxyl groups excluding tert-OH is 1. The predicted molar refractivity (Wildman–Crippen MR) is 75.2 cm³/mol. The molecule has 6 heteroatoms. The van der Waals surface area contributed by atoms with Crippen LogP contribution in [0.2, 0.25) is 0 Å². The molecule has 0 aromatic carbocycles. The molecule has 1 rings (SSSR count). The molecule has 20 heavy (non-hydrogen) atoms. The van der Waals surface area contributed by atoms with Crippen molar-refractivity contribution in [2.24, 2.45) is 5.92 Å². The van der Waals surface area contributed by atoms with Crippen molar-refractivity contribution in [2.75, 3.05) is 19.7 Å². The van der Waals surface area contributed by atoms with Crippen LogP contribution in [0.15, 0.2) is 0 Å². The van der Waals surface area contributed by atoms with Gasteiger partial charge in [-0.2, -0.15) is 0 Å². The van der Waals surface area contributed by atoms with Gasteiger partial charge in [0, 0.05) is 20.0 Å². The molecule has 3 atom stereocenters. The first-order chi connectivity index (χ1) is 9.46. The average molecular weight is 286 g/mol. The number of amides is 2. The third-order valence-corrected chi connectivity index (χ3v) is 3.66. The van der Waals surface area contributed by atoms with Gasteiger partial charge in [0.05, 0.1) is 18.8 Å². The van der Waals surface area contributed by atoms with Gasteiger partial charge in [-0.1, -0.05) is 6.92 Å². The second-order valence-corrected chi connectivity index (χ2v) is 5.39. The number of carbonyl (C=O) groups is 2. The third kappa shape index (κ3) is 5.36. The lowest BCUT2D eigenvalue weighted by molar-refractivity contribution is -0.131. The smallest absolute Gasteiger partial charge is 0.407 e. The molecule has 1 fully saturated rings. The molecular formula is C14H26N2O4. The first-order valence-electron chi connectivity index (χ1n) is 7.33. The molecule has 1 saturated heterocycles. The quantitative estimate of drug-likeness (QED) is 0.794. The first kappa shape index (κ1) is 16.8. The lowest BCUT2D eigenvalue weighted by atomic mass is 9.89. The maximum atomic E-state index is 11.6. The number of alkyl carbamates (subject to hydrolysis) is 1. The summed E-state index contributed by atoms with van der Waals surface area (Å²) in [5.74, 6) is 0.200. The van der Waals surface area contributed by atoms with Gasteiger partial charge < -0.3 is 20.1 Å². The van der Waals surface area contributed by atoms with Crippen molar-refractivity contribution in [3.05, 3.63) is 0 Å². The minimum absolute atomic E-state index is 0.00338. The lowest BCUT2D eigenvalue weighted by Crippen LogP contribution is -2.52. The van der Waals surface area contributed by atoms with Crippen LogP contribution in [0.4, 0.5) is 4.79 Å². The van der Waals surface area contributed by atoms with Gasteiger partial charge in [-0.25, -0.2) is 4.79 Å². The Morgan fingerprint density at radius 3 is 2.65 bits per heavy atom. The molecule has 0 spiro atoms. The number of likely N-dealkylation sites (tertiary alicyclic amines) is 1. The molecule has 0 aromatic rings. The number of carbonyl (C=O) groups excluding carboxylic acids is 2. The number of hydrogen-bond acceptors (Lipinski definition) is 4. The molecular weight excluding hydrogens is 260 g/mol. The highest BCUT2D eigenvalue weighted by molar-refractivity contribution is 5.73. The second-order valence-electron chi connectivity index (χ2n) is 5.39. The summed E-state index contributed by atoms with van der Waals surface area (Å²) < 4.78 is 4.87. The summed E-state index contributed by atoms with van der Waals surface area (Å²) in [7, 11) is 0. The van der Waals surface area contributed by atoms with E-state index in [0.29, 0.717) is 32.5 Å². The van der Waals surface area contributed by atoms with Gasteiger partial charge in [-0.05, 0) is 32.1 Å². The molecule has 1 aliphatic heterocycles. The van der Waals surface area contributed by atoms with Crippen molar-refractivity contribution in [2.45, 2.75) is 52.2 Å². The average Bonchev–Trinajstić information content (AvgIpc) is 2.38. The van der Waals surface area contributed by atoms with Gasteiger partial charge in [-0.15, -0.1) is 0 Å². The largest absolute Gasteiger partial charge is 0.450 e. The summed E-state index contributed by atoms with van der Waals surface area (Å²) in [6, 6.07) is -0.110. The number of aliphatic hydroxyl groups is 1. The Morgan fingerprint density at radius 1 is 1.40 bits per heavy atom. The molecule has 0 aliphatic carbocycles. The number of nitrogens with one attached hydrogen (secondary N) is 1. The van der Waals surface area contributed by atoms with Gasteiger partial charge in [0.15, 0.2) is 0 Å². The third-order valence-electron chi connectivity index (χ3n) is 3.66. The number of rotatable bonds is 5. The van der Waals surface area contributed by atoms with Crippen LogP contribution in [-0.4, -0.2) is 53.8 Å². The van der Waals surface area contributed by atoms with E-state index in [0.717, 1.165) is 6.42 Å². The predicted octanol–water partition coefficient (Wildman–Crippen LogP) is 1.13. The maximum Gasteiger partial charge on any atom is 0.407 e. The molecule has 0 aromatic heterocycles. The highest BCUT2D eigenvalue weighted by atomic mass is 16.5. The minimum atomic E-state index is -0.447. The Bertz CT molecular complexity index is 335. The van der Waals surface area contributed by atoms with Crippen LogP contribution in [-0.2, 0) is 9.53 Å². The van der Waals surface area contributed by atoms with E-state index in [2.05, 4.69) is 5.32 Å². The van der Waals surface area contributed by atoms with Crippen molar-refractivity contribution in [1.29, 1.82) is 0 Å². The minimum Gasteiger partial charge on any atom is -0.450 e. The van der Waals surface area contributed by atoms with Crippen LogP contribution in [0, 0.1) is 5.92 Å². The topological polar surface area (TPSA) is 78.9 Å². The standard InChI is InChI=1S/C14H26N2O4/c1-4-13(18)7-11-6-12(15-14(19)20-5-2)9-16(8-11)10(3)17/h11-13,18H,4-9H2,1-3H3,(H,15,19). The van der Waals surface area contributed by atoms with Crippen LogP contribution in [0.1, 0.15) is 40.0 Å². The number of piperidine rings is 1. The Morgan fingerprint density at radius 2 is 2.10 bits per heavy atom. The summed E-state index contributed by atoms with van der Waals surface area (Å²) >= 11 is 0. The molecule has 6 nitrogen and oxygen atoms in total. The Hall–Kier alpha value is -1.30. The zero-order valence-electron chi connectivity index (χ0n) is 12.6. The van der Waals surface area contributed by atoms with Crippen molar-refractivity contribution >= 4 is 12.0 Å². The highest BCUT2D eigenvalue weighted by Gasteiger charge is 2.30. The van der Waals surface area contributed by atoms with Crippen LogP contribution < -0.4 is 5.32 Å². The van der Waals surface area contributed by atoms with E-state index in [4.69, 9.17) is 4.74 Å². The second kappa shape index (κ2) is 8.09. The molecule has 3 unspecified atom stereocenters. The summed E-state index contributed by atoms with van der Waals surface area (Å²) in [5, 5.41) is 12.6. The molecule has 2 N–H and O–H groups in total. The summed E-state index contributed by atoms with van der Waals surface area (Å²) in [6.07, 6.45) is 1.32. The highest BCUT2D eigenvalue weighted by Crippen LogP contribution is 2.22. The fraction of sp³-hybridized carbons (Fsp3) is 0.857. The van der Waals surface area contributed by atoms with Gasteiger partial charge in [0.2, 0.25) is 5.91 Å². The van der Waals surface area contributed by atoms with Crippen molar-refractivity contribution in [3.63, 3.8) is 0 Å². The summed E-state index contributed by atoms with van der Waals surface area (Å²) in [6.45, 7) is 6.70. The van der Waals surface area contributed by atoms with Gasteiger partial charge in [-0.3, -0.25) is 4.79 Å². The Balaban J connectivity index is 2.60. The molecule has 0 bridgehead atoms. The molecule has 0 radical (unpaired) electrons. The van der Waals surface area contributed by atoms with E-state index in [1.54, 1.807) is 11.8 Å². The zero-order valence-corrected chi connectivity index (χ0v) is 12.6. The van der Waals surface area contributed by atoms with Gasteiger partial charge in [0.25, 0.3) is 0 Å². The monoisotopic (exact) mass is 286 g/mol. The fourth-order valence-electron chi connectivity index (χ4n) is 2.63. The van der Waals surface area contributed by atoms with Gasteiger partial charge in [0.1, 0.15) is 0 Å². The van der Waals surface area contributed by atoms with Crippen molar-refractivity contribution < 1.29 is 19.4 Å². The molecule has 1 aliphatic rings. The van der Waals surface area contributed by atoms with E-state index >= 15 is 0 Å². The lowest BCUT2D eigenvalue weighted by Gasteiger charge is -2.38.